The fourth-order valence-electron chi connectivity index (χ4n) is 3.88. The van der Waals surface area contributed by atoms with Crippen molar-refractivity contribution in [1.82, 2.24) is 31.2 Å². The molecule has 2 amide bonds. The summed E-state index contributed by atoms with van der Waals surface area (Å²) in [6, 6.07) is 9.21. The molecule has 228 valence electrons. The lowest BCUT2D eigenvalue weighted by Gasteiger charge is -2.11. The zero-order chi connectivity index (χ0) is 30.3. The molecule has 3 aromatic heterocycles. The normalized spacial score (nSPS) is 10.7. The number of nitrogens with zero attached hydrogens (tertiary/aromatic N) is 2. The molecular formula is C29H40N6O7. The summed E-state index contributed by atoms with van der Waals surface area (Å²) in [5, 5.41) is 12.0. The zero-order valence-electron chi connectivity index (χ0n) is 24.8. The smallest absolute Gasteiger partial charge is 0.220 e. The van der Waals surface area contributed by atoms with E-state index in [-0.39, 0.29) is 25.0 Å². The van der Waals surface area contributed by atoms with Crippen molar-refractivity contribution in [1.29, 1.82) is 0 Å². The molecule has 0 atom stereocenters. The molecule has 0 bridgehead atoms. The first-order valence-corrected chi connectivity index (χ1v) is 13.6. The van der Waals surface area contributed by atoms with Gasteiger partial charge in [0.2, 0.25) is 35.3 Å². The van der Waals surface area contributed by atoms with E-state index in [0.717, 1.165) is 16.7 Å². The van der Waals surface area contributed by atoms with Gasteiger partial charge in [0.15, 0.2) is 0 Å². The number of carbonyl (C=O) groups excluding carboxylic acids is 2. The summed E-state index contributed by atoms with van der Waals surface area (Å²) >= 11 is 0. The lowest BCUT2D eigenvalue weighted by molar-refractivity contribution is -0.119. The van der Waals surface area contributed by atoms with Crippen molar-refractivity contribution in [2.24, 2.45) is 0 Å². The third-order valence-corrected chi connectivity index (χ3v) is 5.98. The molecule has 13 heteroatoms. The van der Waals surface area contributed by atoms with Gasteiger partial charge >= 0.3 is 0 Å². The Morgan fingerprint density at radius 2 is 1.26 bits per heavy atom. The average Bonchev–Trinajstić information content (AvgIpc) is 3.33. The van der Waals surface area contributed by atoms with E-state index in [1.807, 2.05) is 25.1 Å². The molecule has 0 aliphatic rings. The van der Waals surface area contributed by atoms with Crippen LogP contribution in [0.5, 0.6) is 23.5 Å². The maximum atomic E-state index is 11.0. The second kappa shape index (κ2) is 16.8. The van der Waals surface area contributed by atoms with Crippen molar-refractivity contribution in [3.63, 3.8) is 0 Å². The third-order valence-electron chi connectivity index (χ3n) is 5.98. The molecule has 0 aliphatic heterocycles. The molecule has 3 rings (SSSR count). The second-order valence-electron chi connectivity index (χ2n) is 9.35. The minimum absolute atomic E-state index is 0.0613. The fourth-order valence-corrected chi connectivity index (χ4v) is 3.88. The first-order chi connectivity index (χ1) is 20.3. The van der Waals surface area contributed by atoms with Crippen LogP contribution in [-0.2, 0) is 35.9 Å². The molecule has 0 saturated carbocycles. The Hall–Kier alpha value is -4.36. The number of aromatic nitrogens is 2. The Morgan fingerprint density at radius 1 is 0.762 bits per heavy atom. The van der Waals surface area contributed by atoms with Crippen molar-refractivity contribution in [2.45, 2.75) is 47.1 Å². The van der Waals surface area contributed by atoms with Crippen LogP contribution in [0, 0.1) is 6.92 Å². The highest BCUT2D eigenvalue weighted by atomic mass is 16.5. The van der Waals surface area contributed by atoms with E-state index in [4.69, 9.17) is 23.4 Å². The van der Waals surface area contributed by atoms with E-state index in [2.05, 4.69) is 31.2 Å². The van der Waals surface area contributed by atoms with Gasteiger partial charge in [0.05, 0.1) is 14.2 Å². The number of carbonyl (C=O) groups is 2. The summed E-state index contributed by atoms with van der Waals surface area (Å²) in [6.45, 7) is 8.68. The molecule has 4 N–H and O–H groups in total. The quantitative estimate of drug-likeness (QED) is 0.162. The van der Waals surface area contributed by atoms with E-state index >= 15 is 0 Å². The summed E-state index contributed by atoms with van der Waals surface area (Å²) in [4.78, 5) is 30.8. The van der Waals surface area contributed by atoms with E-state index in [1.165, 1.54) is 13.8 Å². The lowest BCUT2D eigenvalue weighted by Crippen LogP contribution is -2.30. The second-order valence-corrected chi connectivity index (χ2v) is 9.35. The maximum Gasteiger partial charge on any atom is 0.220 e. The van der Waals surface area contributed by atoms with E-state index in [1.54, 1.807) is 26.4 Å². The van der Waals surface area contributed by atoms with Gasteiger partial charge in [-0.3, -0.25) is 9.59 Å². The van der Waals surface area contributed by atoms with Gasteiger partial charge in [-0.25, -0.2) is 0 Å². The summed E-state index contributed by atoms with van der Waals surface area (Å²) < 4.78 is 28.5. The fraction of sp³-hybridized carbons (Fsp3) is 0.448. The minimum atomic E-state index is -0.0613. The molecule has 3 aromatic rings. The van der Waals surface area contributed by atoms with Gasteiger partial charge in [-0.1, -0.05) is 0 Å². The van der Waals surface area contributed by atoms with Crippen LogP contribution >= 0.6 is 0 Å². The number of hydrogen-bond donors (Lipinski definition) is 4. The summed E-state index contributed by atoms with van der Waals surface area (Å²) in [6.07, 6.45) is 0. The van der Waals surface area contributed by atoms with Crippen molar-refractivity contribution in [3.05, 3.63) is 58.5 Å². The third kappa shape index (κ3) is 10.6. The standard InChI is InChI=1S/C29H40N6O7/c1-19-14-24(17-40-26-8-6-22(28(34-26)38-4)15-30-10-12-32-20(2)36)42-25(19)18-41-27-9-7-23(29(35-27)39-5)16-31-11-13-33-21(3)37/h6-9,14,30-31H,10-13,15-18H2,1-5H3,(H,32,36)(H,33,37). The van der Waals surface area contributed by atoms with Gasteiger partial charge in [0, 0.05) is 76.4 Å². The maximum absolute atomic E-state index is 11.0. The molecule has 0 aliphatic carbocycles. The molecule has 0 radical (unpaired) electrons. The number of furan rings is 1. The monoisotopic (exact) mass is 584 g/mol. The number of pyridine rings is 2. The van der Waals surface area contributed by atoms with Crippen LogP contribution < -0.4 is 40.2 Å². The van der Waals surface area contributed by atoms with Crippen LogP contribution in [0.15, 0.2) is 34.7 Å². The molecule has 3 heterocycles. The summed E-state index contributed by atoms with van der Waals surface area (Å²) in [5.41, 5.74) is 2.67. The largest absolute Gasteiger partial charge is 0.481 e. The number of aryl methyl sites for hydroxylation is 1. The Bertz CT molecular complexity index is 1310. The Morgan fingerprint density at radius 3 is 1.74 bits per heavy atom. The number of hydrogen-bond acceptors (Lipinski definition) is 11. The van der Waals surface area contributed by atoms with Gasteiger partial charge < -0.3 is 44.6 Å². The molecule has 42 heavy (non-hydrogen) atoms. The topological polar surface area (TPSA) is 158 Å². The number of rotatable bonds is 18. The number of amides is 2. The molecular weight excluding hydrogens is 544 g/mol. The highest BCUT2D eigenvalue weighted by molar-refractivity contribution is 5.73. The number of nitrogens with one attached hydrogen (secondary N) is 4. The Labute approximate surface area is 245 Å². The average molecular weight is 585 g/mol. The predicted molar refractivity (Wildman–Crippen MR) is 154 cm³/mol. The summed E-state index contributed by atoms with van der Waals surface area (Å²) in [7, 11) is 3.11. The van der Waals surface area contributed by atoms with Crippen LogP contribution in [0.1, 0.15) is 42.1 Å². The highest BCUT2D eigenvalue weighted by Crippen LogP contribution is 2.24. The Kier molecular flexibility index (Phi) is 12.9. The van der Waals surface area contributed by atoms with Crippen LogP contribution in [-0.4, -0.2) is 62.2 Å². The van der Waals surface area contributed by atoms with E-state index < -0.39 is 0 Å². The van der Waals surface area contributed by atoms with Crippen LogP contribution in [0.25, 0.3) is 0 Å². The molecule has 13 nitrogen and oxygen atoms in total. The van der Waals surface area contributed by atoms with E-state index in [9.17, 15) is 9.59 Å². The summed E-state index contributed by atoms with van der Waals surface area (Å²) in [5.74, 6) is 2.89. The molecule has 0 fully saturated rings. The Balaban J connectivity index is 1.49. The van der Waals surface area contributed by atoms with Gasteiger partial charge in [-0.05, 0) is 30.7 Å². The first-order valence-electron chi connectivity index (χ1n) is 13.6. The highest BCUT2D eigenvalue weighted by Gasteiger charge is 2.13. The molecule has 0 unspecified atom stereocenters. The predicted octanol–water partition coefficient (Wildman–Crippen LogP) is 2.00. The lowest BCUT2D eigenvalue weighted by atomic mass is 10.2. The van der Waals surface area contributed by atoms with Gasteiger partial charge in [0.25, 0.3) is 0 Å². The zero-order valence-corrected chi connectivity index (χ0v) is 24.8. The van der Waals surface area contributed by atoms with Crippen molar-refractivity contribution in [3.8, 4) is 23.5 Å². The van der Waals surface area contributed by atoms with Gasteiger partial charge in [-0.2, -0.15) is 9.97 Å². The molecule has 0 aromatic carbocycles. The SMILES string of the molecule is COc1nc(OCc2cc(C)c(COc3ccc(CNCCNC(C)=O)c(OC)n3)o2)ccc1CNCCNC(C)=O. The van der Waals surface area contributed by atoms with Crippen molar-refractivity contribution in [2.75, 3.05) is 40.4 Å². The molecule has 0 saturated heterocycles. The van der Waals surface area contributed by atoms with Crippen molar-refractivity contribution >= 4 is 11.8 Å². The van der Waals surface area contributed by atoms with Crippen LogP contribution in [0.2, 0.25) is 0 Å². The minimum Gasteiger partial charge on any atom is -0.481 e. The van der Waals surface area contributed by atoms with Gasteiger partial charge in [0.1, 0.15) is 24.7 Å². The van der Waals surface area contributed by atoms with Crippen LogP contribution in [0.3, 0.4) is 0 Å². The number of methoxy groups -OCH3 is 2. The van der Waals surface area contributed by atoms with E-state index in [0.29, 0.717) is 74.3 Å². The van der Waals surface area contributed by atoms with Crippen molar-refractivity contribution < 1.29 is 33.0 Å². The first kappa shape index (κ1) is 32.2. The van der Waals surface area contributed by atoms with Gasteiger partial charge in [-0.15, -0.1) is 0 Å². The van der Waals surface area contributed by atoms with Crippen LogP contribution in [0.4, 0.5) is 0 Å². The number of ether oxygens (including phenoxy) is 4. The molecule has 0 spiro atoms.